The average molecular weight is 402 g/mol. The molecule has 0 bridgehead atoms. The van der Waals surface area contributed by atoms with E-state index in [2.05, 4.69) is 20.5 Å². The van der Waals surface area contributed by atoms with Crippen molar-refractivity contribution in [1.82, 2.24) is 20.1 Å². The summed E-state index contributed by atoms with van der Waals surface area (Å²) < 4.78 is 5.68. The van der Waals surface area contributed by atoms with E-state index in [1.165, 1.54) is 6.20 Å². The number of ether oxygens (including phenoxy) is 1. The highest BCUT2D eigenvalue weighted by molar-refractivity contribution is 6.35. The number of halogens is 2. The Morgan fingerprint density at radius 3 is 2.77 bits per heavy atom. The highest BCUT2D eigenvalue weighted by Gasteiger charge is 2.24. The SMILES string of the molecule is O=C(NCCNc1ncc(Cl)cc1Cl)N1CCN(CC2CCCO2)CC1. The summed E-state index contributed by atoms with van der Waals surface area (Å²) in [6.07, 6.45) is 4.22. The van der Waals surface area contributed by atoms with E-state index < -0.39 is 0 Å². The van der Waals surface area contributed by atoms with Crippen molar-refractivity contribution in [2.75, 3.05) is 57.7 Å². The van der Waals surface area contributed by atoms with Crippen LogP contribution in [0.2, 0.25) is 10.0 Å². The standard InChI is InChI=1S/C17H25Cl2N5O2/c18-13-10-15(19)16(22-11-13)20-3-4-21-17(25)24-7-5-23(6-8-24)12-14-2-1-9-26-14/h10-11,14H,1-9,12H2,(H,20,22)(H,21,25). The number of carbonyl (C=O) groups excluding carboxylic acids is 1. The van der Waals surface area contributed by atoms with Crippen molar-refractivity contribution in [3.63, 3.8) is 0 Å². The van der Waals surface area contributed by atoms with E-state index in [1.54, 1.807) is 6.07 Å². The summed E-state index contributed by atoms with van der Waals surface area (Å²) in [5, 5.41) is 6.97. The highest BCUT2D eigenvalue weighted by Crippen LogP contribution is 2.22. The fourth-order valence-corrected chi connectivity index (χ4v) is 3.66. The van der Waals surface area contributed by atoms with Gasteiger partial charge in [-0.05, 0) is 18.9 Å². The van der Waals surface area contributed by atoms with Crippen molar-refractivity contribution in [1.29, 1.82) is 0 Å². The maximum absolute atomic E-state index is 12.3. The van der Waals surface area contributed by atoms with Gasteiger partial charge in [0.15, 0.2) is 0 Å². The van der Waals surface area contributed by atoms with Crippen molar-refractivity contribution >= 4 is 35.1 Å². The van der Waals surface area contributed by atoms with Gasteiger partial charge in [0.25, 0.3) is 0 Å². The van der Waals surface area contributed by atoms with Crippen LogP contribution in [0.3, 0.4) is 0 Å². The number of anilines is 1. The summed E-state index contributed by atoms with van der Waals surface area (Å²) in [7, 11) is 0. The molecule has 144 valence electrons. The summed E-state index contributed by atoms with van der Waals surface area (Å²) in [6, 6.07) is 1.60. The second kappa shape index (κ2) is 9.60. The molecule has 9 heteroatoms. The molecule has 1 aromatic rings. The van der Waals surface area contributed by atoms with Crippen molar-refractivity contribution < 1.29 is 9.53 Å². The summed E-state index contributed by atoms with van der Waals surface area (Å²) in [4.78, 5) is 20.6. The summed E-state index contributed by atoms with van der Waals surface area (Å²) >= 11 is 11.9. The van der Waals surface area contributed by atoms with Gasteiger partial charge in [0.2, 0.25) is 0 Å². The van der Waals surface area contributed by atoms with Crippen molar-refractivity contribution in [2.45, 2.75) is 18.9 Å². The van der Waals surface area contributed by atoms with E-state index in [1.807, 2.05) is 4.90 Å². The number of aromatic nitrogens is 1. The largest absolute Gasteiger partial charge is 0.377 e. The molecular formula is C17H25Cl2N5O2. The molecule has 2 saturated heterocycles. The Morgan fingerprint density at radius 2 is 2.08 bits per heavy atom. The van der Waals surface area contributed by atoms with Gasteiger partial charge in [-0.15, -0.1) is 0 Å². The molecular weight excluding hydrogens is 377 g/mol. The first-order chi connectivity index (χ1) is 12.6. The third-order valence-electron chi connectivity index (χ3n) is 4.65. The molecule has 1 aromatic heterocycles. The quantitative estimate of drug-likeness (QED) is 0.715. The summed E-state index contributed by atoms with van der Waals surface area (Å²) in [5.74, 6) is 0.563. The smallest absolute Gasteiger partial charge is 0.317 e. The predicted octanol–water partition coefficient (Wildman–Crippen LogP) is 2.31. The molecule has 0 aromatic carbocycles. The molecule has 2 aliphatic rings. The topological polar surface area (TPSA) is 69.7 Å². The van der Waals surface area contributed by atoms with Crippen LogP contribution in [0.1, 0.15) is 12.8 Å². The number of carbonyl (C=O) groups is 1. The lowest BCUT2D eigenvalue weighted by molar-refractivity contribution is 0.0561. The Kier molecular flexibility index (Phi) is 7.19. The number of piperazine rings is 1. The molecule has 2 amide bonds. The Hall–Kier alpha value is -1.28. The zero-order valence-corrected chi connectivity index (χ0v) is 16.2. The van der Waals surface area contributed by atoms with E-state index in [-0.39, 0.29) is 6.03 Å². The van der Waals surface area contributed by atoms with Gasteiger partial charge in [-0.2, -0.15) is 0 Å². The van der Waals surface area contributed by atoms with Crippen LogP contribution in [0.25, 0.3) is 0 Å². The molecule has 26 heavy (non-hydrogen) atoms. The van der Waals surface area contributed by atoms with Crippen LogP contribution in [0.5, 0.6) is 0 Å². The Bertz CT molecular complexity index is 605. The molecule has 3 heterocycles. The van der Waals surface area contributed by atoms with Gasteiger partial charge in [-0.25, -0.2) is 9.78 Å². The van der Waals surface area contributed by atoms with Crippen LogP contribution in [-0.2, 0) is 4.74 Å². The number of hydrogen-bond donors (Lipinski definition) is 2. The van der Waals surface area contributed by atoms with Gasteiger partial charge in [0.1, 0.15) is 5.82 Å². The Labute approximate surface area is 164 Å². The van der Waals surface area contributed by atoms with Crippen LogP contribution < -0.4 is 10.6 Å². The average Bonchev–Trinajstić information content (AvgIpc) is 3.13. The van der Waals surface area contributed by atoms with E-state index >= 15 is 0 Å². The molecule has 0 saturated carbocycles. The molecule has 1 unspecified atom stereocenters. The fraction of sp³-hybridized carbons (Fsp3) is 0.647. The summed E-state index contributed by atoms with van der Waals surface area (Å²) in [5.41, 5.74) is 0. The van der Waals surface area contributed by atoms with Crippen LogP contribution in [0.15, 0.2) is 12.3 Å². The van der Waals surface area contributed by atoms with Crippen LogP contribution >= 0.6 is 23.2 Å². The summed E-state index contributed by atoms with van der Waals surface area (Å²) in [6.45, 7) is 6.19. The van der Waals surface area contributed by atoms with E-state index in [9.17, 15) is 4.79 Å². The monoisotopic (exact) mass is 401 g/mol. The zero-order chi connectivity index (χ0) is 18.4. The molecule has 2 fully saturated rings. The normalized spacial score (nSPS) is 21.0. The first-order valence-electron chi connectivity index (χ1n) is 9.03. The highest BCUT2D eigenvalue weighted by atomic mass is 35.5. The second-order valence-corrected chi connectivity index (χ2v) is 7.41. The minimum absolute atomic E-state index is 0.0290. The maximum atomic E-state index is 12.3. The number of amides is 2. The number of nitrogens with zero attached hydrogens (tertiary/aromatic N) is 3. The van der Waals surface area contributed by atoms with Gasteiger partial charge in [-0.1, -0.05) is 23.2 Å². The van der Waals surface area contributed by atoms with Crippen molar-refractivity contribution in [3.05, 3.63) is 22.3 Å². The lowest BCUT2D eigenvalue weighted by atomic mass is 10.2. The zero-order valence-electron chi connectivity index (χ0n) is 14.7. The lowest BCUT2D eigenvalue weighted by Crippen LogP contribution is -2.53. The molecule has 0 radical (unpaired) electrons. The lowest BCUT2D eigenvalue weighted by Gasteiger charge is -2.35. The molecule has 2 aliphatic heterocycles. The number of nitrogens with one attached hydrogen (secondary N) is 2. The van der Waals surface area contributed by atoms with Gasteiger partial charge in [0, 0.05) is 58.6 Å². The molecule has 2 N–H and O–H groups in total. The molecule has 0 spiro atoms. The minimum atomic E-state index is -0.0290. The number of urea groups is 1. The molecule has 0 aliphatic carbocycles. The third kappa shape index (κ3) is 5.61. The van der Waals surface area contributed by atoms with E-state index in [4.69, 9.17) is 27.9 Å². The Morgan fingerprint density at radius 1 is 1.27 bits per heavy atom. The molecule has 7 nitrogen and oxygen atoms in total. The van der Waals surface area contributed by atoms with Gasteiger partial charge in [0.05, 0.1) is 16.1 Å². The van der Waals surface area contributed by atoms with Gasteiger partial charge < -0.3 is 20.3 Å². The van der Waals surface area contributed by atoms with Crippen molar-refractivity contribution in [2.24, 2.45) is 0 Å². The first-order valence-corrected chi connectivity index (χ1v) is 9.79. The predicted molar refractivity (Wildman–Crippen MR) is 103 cm³/mol. The van der Waals surface area contributed by atoms with Gasteiger partial charge in [-0.3, -0.25) is 4.90 Å². The minimum Gasteiger partial charge on any atom is -0.377 e. The number of rotatable bonds is 6. The van der Waals surface area contributed by atoms with Crippen LogP contribution in [-0.4, -0.2) is 79.3 Å². The Balaban J connectivity index is 1.31. The number of pyridine rings is 1. The maximum Gasteiger partial charge on any atom is 0.317 e. The fourth-order valence-electron chi connectivity index (χ4n) is 3.22. The van der Waals surface area contributed by atoms with Gasteiger partial charge >= 0.3 is 6.03 Å². The number of hydrogen-bond acceptors (Lipinski definition) is 5. The molecule has 1 atom stereocenters. The van der Waals surface area contributed by atoms with Crippen LogP contribution in [0.4, 0.5) is 10.6 Å². The molecule has 3 rings (SSSR count). The first kappa shape index (κ1) is 19.5. The van der Waals surface area contributed by atoms with Crippen molar-refractivity contribution in [3.8, 4) is 0 Å². The van der Waals surface area contributed by atoms with Crippen LogP contribution in [0, 0.1) is 0 Å². The van der Waals surface area contributed by atoms with E-state index in [0.717, 1.165) is 52.2 Å². The van der Waals surface area contributed by atoms with E-state index in [0.29, 0.717) is 35.1 Å². The third-order valence-corrected chi connectivity index (χ3v) is 5.14. The second-order valence-electron chi connectivity index (χ2n) is 6.57.